The van der Waals surface area contributed by atoms with Crippen molar-refractivity contribution in [3.05, 3.63) is 29.1 Å². The monoisotopic (exact) mass is 247 g/mol. The molecule has 2 aliphatic rings. The number of likely N-dealkylation sites (N-methyl/N-ethyl adjacent to an activating group) is 1. The second-order valence-electron chi connectivity index (χ2n) is 4.83. The Kier molecular flexibility index (Phi) is 2.47. The normalized spacial score (nSPS) is 27.6. The molecule has 7 nitrogen and oxygen atoms in total. The van der Waals surface area contributed by atoms with E-state index in [0.717, 1.165) is 30.8 Å². The summed E-state index contributed by atoms with van der Waals surface area (Å²) in [7, 11) is 2.10. The van der Waals surface area contributed by atoms with Crippen molar-refractivity contribution >= 4 is 5.96 Å². The van der Waals surface area contributed by atoms with Crippen LogP contribution in [0.1, 0.15) is 16.8 Å². The summed E-state index contributed by atoms with van der Waals surface area (Å²) in [5.74, 6) is -0.741. The summed E-state index contributed by atoms with van der Waals surface area (Å²) in [6.45, 7) is 1.93. The van der Waals surface area contributed by atoms with Crippen LogP contribution in [0.15, 0.2) is 17.3 Å². The molecular weight excluding hydrogens is 230 g/mol. The molecule has 18 heavy (non-hydrogen) atoms. The maximum absolute atomic E-state index is 6.14. The molecule has 2 aliphatic heterocycles. The van der Waals surface area contributed by atoms with Crippen molar-refractivity contribution in [3.8, 4) is 0 Å². The molecule has 0 aliphatic carbocycles. The Morgan fingerprint density at radius 2 is 2.33 bits per heavy atom. The molecule has 3 rings (SSSR count). The van der Waals surface area contributed by atoms with E-state index in [1.165, 1.54) is 5.56 Å². The molecule has 0 saturated heterocycles. The van der Waals surface area contributed by atoms with Crippen molar-refractivity contribution in [1.29, 1.82) is 0 Å². The van der Waals surface area contributed by atoms with Crippen LogP contribution in [0, 0.1) is 0 Å². The van der Waals surface area contributed by atoms with Gasteiger partial charge in [-0.15, -0.1) is 0 Å². The van der Waals surface area contributed by atoms with Gasteiger partial charge in [0.2, 0.25) is 11.7 Å². The molecule has 0 bridgehead atoms. The maximum Gasteiger partial charge on any atom is 0.210 e. The van der Waals surface area contributed by atoms with E-state index in [4.69, 9.17) is 11.5 Å². The second-order valence-corrected chi connectivity index (χ2v) is 4.83. The zero-order valence-electron chi connectivity index (χ0n) is 10.3. The standard InChI is InChI=1S/C11H17N7/c1-18-3-2-9-7(6-18)4-8(5-14-9)11(13)15-10(12)16-17-11/h4-5,17H,2-3,6,13H2,1H3,(H3,12,15,16). The largest absolute Gasteiger partial charge is 0.369 e. The number of hydrogen-bond acceptors (Lipinski definition) is 7. The van der Waals surface area contributed by atoms with Crippen molar-refractivity contribution in [3.63, 3.8) is 0 Å². The summed E-state index contributed by atoms with van der Waals surface area (Å²) < 4.78 is 0. The van der Waals surface area contributed by atoms with E-state index in [1.807, 2.05) is 0 Å². The molecule has 0 spiro atoms. The first-order chi connectivity index (χ1) is 8.57. The van der Waals surface area contributed by atoms with Gasteiger partial charge < -0.3 is 10.6 Å². The Morgan fingerprint density at radius 3 is 3.06 bits per heavy atom. The van der Waals surface area contributed by atoms with Crippen LogP contribution in [-0.2, 0) is 18.8 Å². The van der Waals surface area contributed by atoms with Gasteiger partial charge in [0, 0.05) is 37.0 Å². The third-order valence-electron chi connectivity index (χ3n) is 3.35. The van der Waals surface area contributed by atoms with Crippen molar-refractivity contribution in [2.24, 2.45) is 16.5 Å². The lowest BCUT2D eigenvalue weighted by Gasteiger charge is -2.27. The minimum Gasteiger partial charge on any atom is -0.369 e. The van der Waals surface area contributed by atoms with Gasteiger partial charge in [0.1, 0.15) is 0 Å². The number of rotatable bonds is 1. The van der Waals surface area contributed by atoms with Crippen LogP contribution < -0.4 is 22.3 Å². The summed E-state index contributed by atoms with van der Waals surface area (Å²) >= 11 is 0. The molecule has 3 heterocycles. The maximum atomic E-state index is 6.14. The number of nitrogens with one attached hydrogen (secondary N) is 2. The molecule has 0 saturated carbocycles. The van der Waals surface area contributed by atoms with Crippen LogP contribution in [0.3, 0.4) is 0 Å². The molecule has 1 aromatic heterocycles. The Bertz CT molecular complexity index is 512. The van der Waals surface area contributed by atoms with Crippen LogP contribution in [0.2, 0.25) is 0 Å². The Labute approximate surface area is 105 Å². The SMILES string of the molecule is CN1CCc2ncc(C3(N)N=C(N)NN3)cc2C1. The minimum absolute atomic E-state index is 0.285. The van der Waals surface area contributed by atoms with Crippen molar-refractivity contribution in [2.45, 2.75) is 18.8 Å². The predicted molar refractivity (Wildman–Crippen MR) is 68.0 cm³/mol. The van der Waals surface area contributed by atoms with Crippen molar-refractivity contribution in [1.82, 2.24) is 20.7 Å². The lowest BCUT2D eigenvalue weighted by molar-refractivity contribution is 0.307. The number of hydrogen-bond donors (Lipinski definition) is 4. The molecule has 1 atom stereocenters. The average Bonchev–Trinajstić information content (AvgIpc) is 2.69. The molecule has 7 heteroatoms. The number of nitrogens with zero attached hydrogens (tertiary/aromatic N) is 3. The third kappa shape index (κ3) is 1.82. The van der Waals surface area contributed by atoms with Gasteiger partial charge >= 0.3 is 0 Å². The van der Waals surface area contributed by atoms with Gasteiger partial charge in [0.25, 0.3) is 0 Å². The van der Waals surface area contributed by atoms with Crippen LogP contribution in [0.4, 0.5) is 0 Å². The molecule has 1 unspecified atom stereocenters. The smallest absolute Gasteiger partial charge is 0.210 e. The Morgan fingerprint density at radius 1 is 1.50 bits per heavy atom. The summed E-state index contributed by atoms with van der Waals surface area (Å²) in [4.78, 5) is 10.9. The number of fused-ring (bicyclic) bond motifs is 1. The van der Waals surface area contributed by atoms with Gasteiger partial charge in [-0.05, 0) is 18.7 Å². The summed E-state index contributed by atoms with van der Waals surface area (Å²) in [6.07, 6.45) is 2.74. The molecule has 0 fully saturated rings. The summed E-state index contributed by atoms with van der Waals surface area (Å²) in [5.41, 5.74) is 20.4. The fraction of sp³-hybridized carbons (Fsp3) is 0.455. The van der Waals surface area contributed by atoms with Crippen LogP contribution in [0.25, 0.3) is 0 Å². The number of hydrazine groups is 1. The Hall–Kier alpha value is -1.70. The van der Waals surface area contributed by atoms with Gasteiger partial charge in [-0.2, -0.15) is 5.43 Å². The number of nitrogens with two attached hydrogens (primary N) is 2. The highest BCUT2D eigenvalue weighted by Crippen LogP contribution is 2.23. The molecular formula is C11H17N7. The molecule has 0 radical (unpaired) electrons. The predicted octanol–water partition coefficient (Wildman–Crippen LogP) is -1.44. The second kappa shape index (κ2) is 3.91. The highest BCUT2D eigenvalue weighted by atomic mass is 15.6. The lowest BCUT2D eigenvalue weighted by Crippen LogP contribution is -2.50. The first-order valence-electron chi connectivity index (χ1n) is 5.91. The van der Waals surface area contributed by atoms with Gasteiger partial charge in [0.15, 0.2) is 0 Å². The summed E-state index contributed by atoms with van der Waals surface area (Å²) in [6, 6.07) is 2.05. The van der Waals surface area contributed by atoms with E-state index < -0.39 is 5.79 Å². The fourth-order valence-corrected chi connectivity index (χ4v) is 2.32. The molecule has 1 aromatic rings. The van der Waals surface area contributed by atoms with Crippen molar-refractivity contribution < 1.29 is 0 Å². The number of guanidine groups is 1. The Balaban J connectivity index is 1.97. The number of pyridine rings is 1. The number of aromatic nitrogens is 1. The summed E-state index contributed by atoms with van der Waals surface area (Å²) in [5, 5.41) is 0. The molecule has 6 N–H and O–H groups in total. The zero-order chi connectivity index (χ0) is 12.8. The highest BCUT2D eigenvalue weighted by Gasteiger charge is 2.32. The third-order valence-corrected chi connectivity index (χ3v) is 3.35. The van der Waals surface area contributed by atoms with E-state index in [0.29, 0.717) is 0 Å². The van der Waals surface area contributed by atoms with E-state index in [1.54, 1.807) is 6.20 Å². The van der Waals surface area contributed by atoms with Gasteiger partial charge in [0.05, 0.1) is 0 Å². The average molecular weight is 247 g/mol. The van der Waals surface area contributed by atoms with Crippen molar-refractivity contribution in [2.75, 3.05) is 13.6 Å². The topological polar surface area (TPSA) is 105 Å². The highest BCUT2D eigenvalue weighted by molar-refractivity contribution is 5.79. The van der Waals surface area contributed by atoms with E-state index in [-0.39, 0.29) is 5.96 Å². The van der Waals surface area contributed by atoms with Gasteiger partial charge in [-0.3, -0.25) is 16.1 Å². The van der Waals surface area contributed by atoms with E-state index in [2.05, 4.69) is 38.8 Å². The fourth-order valence-electron chi connectivity index (χ4n) is 2.32. The molecule has 96 valence electrons. The van der Waals surface area contributed by atoms with Crippen LogP contribution >= 0.6 is 0 Å². The molecule has 0 aromatic carbocycles. The lowest BCUT2D eigenvalue weighted by atomic mass is 10.0. The first kappa shape index (κ1) is 11.4. The molecule has 0 amide bonds. The number of aliphatic imine (C=N–C) groups is 1. The van der Waals surface area contributed by atoms with E-state index in [9.17, 15) is 0 Å². The minimum atomic E-state index is -1.03. The first-order valence-corrected chi connectivity index (χ1v) is 5.91. The van der Waals surface area contributed by atoms with Crippen LogP contribution in [0.5, 0.6) is 0 Å². The zero-order valence-corrected chi connectivity index (χ0v) is 10.3. The van der Waals surface area contributed by atoms with E-state index >= 15 is 0 Å². The van der Waals surface area contributed by atoms with Gasteiger partial charge in [-0.1, -0.05) is 0 Å². The van der Waals surface area contributed by atoms with Gasteiger partial charge in [-0.25, -0.2) is 4.99 Å². The quantitative estimate of drug-likeness (QED) is 0.484. The van der Waals surface area contributed by atoms with Crippen LogP contribution in [-0.4, -0.2) is 29.4 Å².